The number of allylic oxidation sites excluding steroid dienone is 2. The summed E-state index contributed by atoms with van der Waals surface area (Å²) < 4.78 is 6.38. The maximum absolute atomic E-state index is 13.2. The van der Waals surface area contributed by atoms with Gasteiger partial charge in [0.1, 0.15) is 6.10 Å². The molecule has 0 radical (unpaired) electrons. The van der Waals surface area contributed by atoms with Crippen molar-refractivity contribution in [1.29, 1.82) is 0 Å². The summed E-state index contributed by atoms with van der Waals surface area (Å²) in [5.41, 5.74) is 1.55. The average Bonchev–Trinajstić information content (AvgIpc) is 3.05. The van der Waals surface area contributed by atoms with Crippen molar-refractivity contribution in [1.82, 2.24) is 0 Å². The van der Waals surface area contributed by atoms with Gasteiger partial charge >= 0.3 is 5.97 Å². The molecule has 0 saturated heterocycles. The Balaban J connectivity index is 1.15. The van der Waals surface area contributed by atoms with Crippen molar-refractivity contribution in [3.05, 3.63) is 11.6 Å². The molecule has 0 aromatic heterocycles. The monoisotopic (exact) mass is 697 g/mol. The number of aliphatic hydroxyl groups is 2. The van der Waals surface area contributed by atoms with Crippen molar-refractivity contribution >= 4 is 5.97 Å². The number of hydrogen-bond donors (Lipinski definition) is 2. The third-order valence-corrected chi connectivity index (χ3v) is 16.9. The lowest BCUT2D eigenvalue weighted by Gasteiger charge is -2.72. The van der Waals surface area contributed by atoms with Gasteiger partial charge in [0.25, 0.3) is 0 Å². The van der Waals surface area contributed by atoms with Crippen molar-refractivity contribution in [3.8, 4) is 0 Å². The van der Waals surface area contributed by atoms with E-state index >= 15 is 0 Å². The summed E-state index contributed by atoms with van der Waals surface area (Å²) in [7, 11) is 0. The molecule has 0 aromatic carbocycles. The fourth-order valence-electron chi connectivity index (χ4n) is 13.4. The van der Waals surface area contributed by atoms with Crippen LogP contribution >= 0.6 is 0 Å². The molecule has 4 heteroatoms. The van der Waals surface area contributed by atoms with Gasteiger partial charge in [-0.3, -0.25) is 4.79 Å². The summed E-state index contributed by atoms with van der Waals surface area (Å²) >= 11 is 0. The van der Waals surface area contributed by atoms with Crippen LogP contribution in [-0.4, -0.2) is 35.0 Å². The quantitative estimate of drug-likeness (QED) is 0.0957. The number of aliphatic hydroxyl groups excluding tert-OH is 2. The van der Waals surface area contributed by atoms with E-state index < -0.39 is 6.10 Å². The SMILES string of the molecule is CCCCCCCCCCCCCCCC(=O)OC1CC[C@]2(C)[C@H]3CC=C4[C@@H]5CC(C)(C)CC[C@]5(CO)C(O)C[C@@]4(C)[C@]3(C)CC[C@H]2C1(C)C. The van der Waals surface area contributed by atoms with E-state index in [1.807, 2.05) is 0 Å². The van der Waals surface area contributed by atoms with Crippen LogP contribution in [-0.2, 0) is 9.53 Å². The molecule has 0 aliphatic heterocycles. The molecule has 9 atom stereocenters. The molecule has 50 heavy (non-hydrogen) atoms. The summed E-state index contributed by atoms with van der Waals surface area (Å²) in [6, 6.07) is 0. The van der Waals surface area contributed by atoms with E-state index in [9.17, 15) is 15.0 Å². The maximum atomic E-state index is 13.2. The molecule has 4 saturated carbocycles. The van der Waals surface area contributed by atoms with Gasteiger partial charge in [0, 0.05) is 17.3 Å². The standard InChI is InChI=1S/C46H80O4/c1-9-10-11-12-13-14-15-16-17-18-19-20-21-22-40(49)50-39-26-27-43(6)36(42(39,4)5)25-28-44(7)37(43)24-23-34-35-31-41(2,3)29-30-46(35,33-47)38(48)32-45(34,44)8/h23,35-39,47-48H,9-22,24-33H2,1-8H3/t35-,36-,37+,38?,39?,43-,44+,45+,46+/m0/s1. The van der Waals surface area contributed by atoms with Crippen LogP contribution in [0.5, 0.6) is 0 Å². The van der Waals surface area contributed by atoms with Crippen molar-refractivity contribution in [2.45, 2.75) is 215 Å². The lowest BCUT2D eigenvalue weighted by molar-refractivity contribution is -0.223. The van der Waals surface area contributed by atoms with Gasteiger partial charge in [-0.25, -0.2) is 0 Å². The number of hydrogen-bond acceptors (Lipinski definition) is 4. The van der Waals surface area contributed by atoms with E-state index in [1.54, 1.807) is 5.57 Å². The Morgan fingerprint density at radius 2 is 1.36 bits per heavy atom. The van der Waals surface area contributed by atoms with Crippen LogP contribution in [0.1, 0.15) is 203 Å². The Kier molecular flexibility index (Phi) is 12.8. The summed E-state index contributed by atoms with van der Waals surface area (Å²) in [5, 5.41) is 22.8. The minimum Gasteiger partial charge on any atom is -0.462 e. The summed E-state index contributed by atoms with van der Waals surface area (Å²) in [6.07, 6.45) is 29.1. The second-order valence-corrected chi connectivity index (χ2v) is 20.7. The minimum absolute atomic E-state index is 0.00386. The molecule has 4 fully saturated rings. The molecule has 0 spiro atoms. The molecule has 4 nitrogen and oxygen atoms in total. The Morgan fingerprint density at radius 1 is 0.760 bits per heavy atom. The van der Waals surface area contributed by atoms with Gasteiger partial charge in [-0.05, 0) is 104 Å². The second-order valence-electron chi connectivity index (χ2n) is 20.7. The number of unbranched alkanes of at least 4 members (excludes halogenated alkanes) is 12. The Labute approximate surface area is 308 Å². The van der Waals surface area contributed by atoms with Crippen molar-refractivity contribution < 1.29 is 19.7 Å². The highest BCUT2D eigenvalue weighted by Gasteiger charge is 2.70. The Bertz CT molecular complexity index is 1170. The van der Waals surface area contributed by atoms with Gasteiger partial charge in [0.15, 0.2) is 0 Å². The van der Waals surface area contributed by atoms with Gasteiger partial charge in [-0.15, -0.1) is 0 Å². The molecular weight excluding hydrogens is 617 g/mol. The fourth-order valence-corrected chi connectivity index (χ4v) is 13.4. The molecule has 0 heterocycles. The normalized spacial score (nSPS) is 40.1. The number of esters is 1. The van der Waals surface area contributed by atoms with Crippen LogP contribution in [0.25, 0.3) is 0 Å². The smallest absolute Gasteiger partial charge is 0.306 e. The van der Waals surface area contributed by atoms with Crippen molar-refractivity contribution in [2.75, 3.05) is 6.61 Å². The van der Waals surface area contributed by atoms with Crippen molar-refractivity contribution in [2.24, 2.45) is 50.2 Å². The second kappa shape index (κ2) is 15.8. The van der Waals surface area contributed by atoms with E-state index in [4.69, 9.17) is 4.74 Å². The van der Waals surface area contributed by atoms with Crippen LogP contribution in [0.3, 0.4) is 0 Å². The zero-order chi connectivity index (χ0) is 36.4. The summed E-state index contributed by atoms with van der Waals surface area (Å²) in [4.78, 5) is 13.2. The predicted octanol–water partition coefficient (Wildman–Crippen LogP) is 12.1. The van der Waals surface area contributed by atoms with E-state index in [1.165, 1.54) is 70.6 Å². The van der Waals surface area contributed by atoms with E-state index in [0.717, 1.165) is 70.6 Å². The van der Waals surface area contributed by atoms with E-state index in [2.05, 4.69) is 61.5 Å². The topological polar surface area (TPSA) is 66.8 Å². The first-order valence-corrected chi connectivity index (χ1v) is 21.8. The number of ether oxygens (including phenoxy) is 1. The van der Waals surface area contributed by atoms with Gasteiger partial charge < -0.3 is 14.9 Å². The Hall–Kier alpha value is -0.870. The van der Waals surface area contributed by atoms with Crippen LogP contribution < -0.4 is 0 Å². The minimum atomic E-state index is -0.460. The largest absolute Gasteiger partial charge is 0.462 e. The van der Waals surface area contributed by atoms with Crippen LogP contribution in [0.15, 0.2) is 11.6 Å². The molecule has 5 aliphatic carbocycles. The highest BCUT2D eigenvalue weighted by molar-refractivity contribution is 5.69. The molecule has 288 valence electrons. The summed E-state index contributed by atoms with van der Waals surface area (Å²) in [5.74, 6) is 1.32. The fraction of sp³-hybridized carbons (Fsp3) is 0.935. The number of carbonyl (C=O) groups excluding carboxylic acids is 1. The molecule has 0 amide bonds. The third-order valence-electron chi connectivity index (χ3n) is 16.9. The van der Waals surface area contributed by atoms with Gasteiger partial charge in [0.05, 0.1) is 12.7 Å². The molecule has 2 unspecified atom stereocenters. The summed E-state index contributed by atoms with van der Waals surface area (Å²) in [6.45, 7) is 19.6. The average molecular weight is 697 g/mol. The lowest BCUT2D eigenvalue weighted by atomic mass is 9.33. The zero-order valence-electron chi connectivity index (χ0n) is 34.1. The van der Waals surface area contributed by atoms with Crippen molar-refractivity contribution in [3.63, 3.8) is 0 Å². The van der Waals surface area contributed by atoms with Gasteiger partial charge in [-0.2, -0.15) is 0 Å². The number of rotatable bonds is 16. The molecule has 2 N–H and O–H groups in total. The predicted molar refractivity (Wildman–Crippen MR) is 208 cm³/mol. The first-order chi connectivity index (χ1) is 23.6. The van der Waals surface area contributed by atoms with Crippen LogP contribution in [0, 0.1) is 50.2 Å². The first-order valence-electron chi connectivity index (χ1n) is 21.8. The van der Waals surface area contributed by atoms with Gasteiger partial charge in [0.2, 0.25) is 0 Å². The third kappa shape index (κ3) is 7.44. The molecule has 0 aromatic rings. The van der Waals surface area contributed by atoms with Crippen LogP contribution in [0.4, 0.5) is 0 Å². The maximum Gasteiger partial charge on any atom is 0.306 e. The highest BCUT2D eigenvalue weighted by atomic mass is 16.5. The zero-order valence-corrected chi connectivity index (χ0v) is 34.1. The first kappa shape index (κ1) is 40.3. The highest BCUT2D eigenvalue weighted by Crippen LogP contribution is 2.75. The van der Waals surface area contributed by atoms with Crippen LogP contribution in [0.2, 0.25) is 0 Å². The van der Waals surface area contributed by atoms with E-state index in [0.29, 0.717) is 18.3 Å². The lowest BCUT2D eigenvalue weighted by Crippen LogP contribution is -2.67. The number of carbonyl (C=O) groups is 1. The van der Waals surface area contributed by atoms with Gasteiger partial charge in [-0.1, -0.05) is 144 Å². The van der Waals surface area contributed by atoms with E-state index in [-0.39, 0.29) is 57.1 Å². The molecular formula is C46H80O4. The Morgan fingerprint density at radius 3 is 1.96 bits per heavy atom. The number of fused-ring (bicyclic) bond motifs is 7. The molecule has 5 rings (SSSR count). The molecule has 0 bridgehead atoms. The molecule has 5 aliphatic rings.